The zero-order valence-electron chi connectivity index (χ0n) is 30.3. The van der Waals surface area contributed by atoms with Crippen molar-refractivity contribution in [2.24, 2.45) is 0 Å². The highest BCUT2D eigenvalue weighted by molar-refractivity contribution is 5.97. The number of ether oxygens (including phenoxy) is 2. The van der Waals surface area contributed by atoms with Gasteiger partial charge in [0.15, 0.2) is 0 Å². The van der Waals surface area contributed by atoms with E-state index >= 15 is 0 Å². The van der Waals surface area contributed by atoms with Crippen molar-refractivity contribution in [1.82, 2.24) is 19.8 Å². The van der Waals surface area contributed by atoms with Gasteiger partial charge in [-0.05, 0) is 62.3 Å². The second kappa shape index (κ2) is 14.1. The molecule has 2 fully saturated rings. The van der Waals surface area contributed by atoms with Crippen molar-refractivity contribution >= 4 is 28.4 Å². The molecule has 7 rings (SSSR count). The highest BCUT2D eigenvalue weighted by atomic mass is 16.6. The summed E-state index contributed by atoms with van der Waals surface area (Å²) in [6.45, 7) is 9.64. The van der Waals surface area contributed by atoms with E-state index in [1.165, 1.54) is 0 Å². The summed E-state index contributed by atoms with van der Waals surface area (Å²) in [7, 11) is 2.11. The quantitative estimate of drug-likeness (QED) is 0.225. The number of hydrogen-bond acceptors (Lipinski definition) is 8. The maximum Gasteiger partial charge on any atom is 0.410 e. The number of aromatic nitrogens is 2. The van der Waals surface area contributed by atoms with Gasteiger partial charge in [0.05, 0.1) is 12.2 Å². The first-order chi connectivity index (χ1) is 24.7. The number of carbonyl (C=O) groups is 1. The van der Waals surface area contributed by atoms with Crippen LogP contribution in [0.15, 0.2) is 66.7 Å². The summed E-state index contributed by atoms with van der Waals surface area (Å²) in [5.74, 6) is 0.766. The van der Waals surface area contributed by atoms with Crippen molar-refractivity contribution in [3.05, 3.63) is 101 Å². The number of amides is 1. The Hall–Kier alpha value is -4.88. The van der Waals surface area contributed by atoms with Gasteiger partial charge in [0.1, 0.15) is 25.1 Å². The first-order valence-corrected chi connectivity index (χ1v) is 16.7. The van der Waals surface area contributed by atoms with Gasteiger partial charge in [-0.3, -0.25) is 4.90 Å². The smallest absolute Gasteiger partial charge is 0.410 e. The molecule has 0 unspecified atom stereocenters. The summed E-state index contributed by atoms with van der Waals surface area (Å²) in [4.78, 5) is 35.2. The first kappa shape index (κ1) is 28.2. The van der Waals surface area contributed by atoms with E-state index in [0.29, 0.717) is 57.3 Å². The number of likely N-dealkylation sites (tertiary alicyclic amines) is 1. The molecule has 2 atom stereocenters. The van der Waals surface area contributed by atoms with E-state index < -0.39 is 12.9 Å². The van der Waals surface area contributed by atoms with Crippen LogP contribution in [0.2, 0.25) is 0 Å². The predicted molar refractivity (Wildman–Crippen MR) is 187 cm³/mol. The number of nitrogens with zero attached hydrogens (tertiary/aromatic N) is 7. The predicted octanol–water partition coefficient (Wildman–Crippen LogP) is 5.72. The lowest BCUT2D eigenvalue weighted by molar-refractivity contribution is 0.0788. The second-order valence-electron chi connectivity index (χ2n) is 12.9. The maximum absolute atomic E-state index is 13.3. The van der Waals surface area contributed by atoms with Gasteiger partial charge in [0, 0.05) is 53.0 Å². The molecule has 48 heavy (non-hydrogen) atoms. The van der Waals surface area contributed by atoms with Crippen molar-refractivity contribution in [1.29, 1.82) is 0 Å². The van der Waals surface area contributed by atoms with Gasteiger partial charge in [-0.1, -0.05) is 60.7 Å². The van der Waals surface area contributed by atoms with Crippen LogP contribution in [-0.2, 0) is 24.3 Å². The van der Waals surface area contributed by atoms with Crippen LogP contribution in [0.1, 0.15) is 39.3 Å². The minimum atomic E-state index is -2.26. The van der Waals surface area contributed by atoms with Gasteiger partial charge in [-0.25, -0.2) is 11.4 Å². The average molecular weight is 649 g/mol. The molecule has 0 radical (unpaired) electrons. The molecule has 0 saturated carbocycles. The normalized spacial score (nSPS) is 20.8. The van der Waals surface area contributed by atoms with E-state index in [4.69, 9.17) is 30.1 Å². The first-order valence-electron chi connectivity index (χ1n) is 18.2. The molecule has 3 aliphatic heterocycles. The van der Waals surface area contributed by atoms with Crippen molar-refractivity contribution in [2.75, 3.05) is 62.7 Å². The number of piperazine rings is 1. The van der Waals surface area contributed by atoms with Crippen molar-refractivity contribution in [2.45, 2.75) is 51.3 Å². The molecule has 1 amide bonds. The average Bonchev–Trinajstić information content (AvgIpc) is 3.56. The molecular formula is C38H43N7O3. The summed E-state index contributed by atoms with van der Waals surface area (Å²) in [5.41, 5.74) is 3.94. The lowest BCUT2D eigenvalue weighted by Crippen LogP contribution is -2.57. The molecular weight excluding hydrogens is 602 g/mol. The topological polar surface area (TPSA) is 78.6 Å². The van der Waals surface area contributed by atoms with Crippen LogP contribution in [0.5, 0.6) is 6.01 Å². The minimum Gasteiger partial charge on any atom is -0.462 e. The summed E-state index contributed by atoms with van der Waals surface area (Å²) in [5, 5.41) is 1.61. The SMILES string of the molecule is [2H]C([2H])([2H])c1cccc2cccc(N3CCc4c(nc(OC[C@@H]5CCCN5C)nc4N4CCN(C(=O)OCc5ccccc5)[C@@H](C[N+]#[C-])C4)C3)c12. The minimum absolute atomic E-state index is 0.141. The summed E-state index contributed by atoms with van der Waals surface area (Å²) in [6.07, 6.45) is 2.38. The number of fused-ring (bicyclic) bond motifs is 2. The van der Waals surface area contributed by atoms with E-state index in [2.05, 4.69) is 26.6 Å². The number of likely N-dealkylation sites (N-methyl/N-ethyl adjacent to an activating group) is 1. The Bertz CT molecular complexity index is 1910. The maximum atomic E-state index is 13.3. The van der Waals surface area contributed by atoms with Gasteiger partial charge >= 0.3 is 12.1 Å². The number of aryl methyl sites for hydroxylation is 1. The van der Waals surface area contributed by atoms with Gasteiger partial charge in [0.2, 0.25) is 6.54 Å². The van der Waals surface area contributed by atoms with Crippen molar-refractivity contribution < 1.29 is 18.4 Å². The monoisotopic (exact) mass is 648 g/mol. The third-order valence-corrected chi connectivity index (χ3v) is 9.85. The highest BCUT2D eigenvalue weighted by Gasteiger charge is 2.36. The number of anilines is 2. The molecule has 248 valence electrons. The molecule has 2 saturated heterocycles. The van der Waals surface area contributed by atoms with E-state index in [-0.39, 0.29) is 25.2 Å². The van der Waals surface area contributed by atoms with Crippen LogP contribution in [0.25, 0.3) is 15.6 Å². The van der Waals surface area contributed by atoms with Crippen LogP contribution >= 0.6 is 0 Å². The third kappa shape index (κ3) is 6.60. The molecule has 4 aromatic rings. The Balaban J connectivity index is 1.18. The van der Waals surface area contributed by atoms with Crippen LogP contribution in [-0.4, -0.2) is 90.9 Å². The Morgan fingerprint density at radius 2 is 1.85 bits per heavy atom. The zero-order chi connectivity index (χ0) is 35.5. The molecule has 10 heteroatoms. The Kier molecular flexibility index (Phi) is 8.26. The van der Waals surface area contributed by atoms with Crippen LogP contribution in [0, 0.1) is 13.4 Å². The molecule has 0 spiro atoms. The number of benzene rings is 3. The largest absolute Gasteiger partial charge is 0.462 e. The molecule has 0 N–H and O–H groups in total. The third-order valence-electron chi connectivity index (χ3n) is 9.85. The van der Waals surface area contributed by atoms with Gasteiger partial charge in [0.25, 0.3) is 0 Å². The summed E-state index contributed by atoms with van der Waals surface area (Å²) >= 11 is 0. The molecule has 1 aromatic heterocycles. The van der Waals surface area contributed by atoms with E-state index in [1.54, 1.807) is 17.0 Å². The number of carbonyl (C=O) groups excluding carboxylic acids is 1. The van der Waals surface area contributed by atoms with Gasteiger partial charge in [-0.2, -0.15) is 9.97 Å². The standard InChI is InChI=1S/C38H43N7O3/c1-27-10-7-13-29-14-8-16-34(35(27)29)43-19-17-32-33(24-43)40-37(47-26-30-15-9-18-42(30)3)41-36(32)44-20-21-45(31(23-44)22-39-2)38(46)48-25-28-11-5-4-6-12-28/h4-8,10-14,16,30-31H,9,15,17-26H2,1,3H3/t30-,31-/m0/s1/i1D3. The van der Waals surface area contributed by atoms with Gasteiger partial charge < -0.3 is 29.0 Å². The number of hydrogen-bond donors (Lipinski definition) is 0. The zero-order valence-corrected chi connectivity index (χ0v) is 27.3. The summed E-state index contributed by atoms with van der Waals surface area (Å²) < 4.78 is 36.8. The Morgan fingerprint density at radius 1 is 1.00 bits per heavy atom. The molecule has 0 bridgehead atoms. The molecule has 3 aliphatic rings. The Labute approximate surface area is 286 Å². The summed E-state index contributed by atoms with van der Waals surface area (Å²) in [6, 6.07) is 21.1. The van der Waals surface area contributed by atoms with E-state index in [9.17, 15) is 4.79 Å². The van der Waals surface area contributed by atoms with Crippen molar-refractivity contribution in [3.8, 4) is 6.01 Å². The van der Waals surface area contributed by atoms with Crippen molar-refractivity contribution in [3.63, 3.8) is 0 Å². The highest BCUT2D eigenvalue weighted by Crippen LogP contribution is 2.36. The van der Waals surface area contributed by atoms with E-state index in [0.717, 1.165) is 58.5 Å². The molecule has 3 aromatic carbocycles. The fourth-order valence-electron chi connectivity index (χ4n) is 7.22. The second-order valence-corrected chi connectivity index (χ2v) is 12.9. The molecule has 10 nitrogen and oxygen atoms in total. The number of rotatable bonds is 8. The Morgan fingerprint density at radius 3 is 2.65 bits per heavy atom. The fraction of sp³-hybridized carbons (Fsp3) is 0.421. The molecule has 4 heterocycles. The van der Waals surface area contributed by atoms with Crippen LogP contribution in [0.3, 0.4) is 0 Å². The van der Waals surface area contributed by atoms with E-state index in [1.807, 2.05) is 54.6 Å². The van der Waals surface area contributed by atoms with Gasteiger partial charge in [-0.15, -0.1) is 0 Å². The lowest BCUT2D eigenvalue weighted by Gasteiger charge is -2.40. The molecule has 0 aliphatic carbocycles. The fourth-order valence-corrected chi connectivity index (χ4v) is 7.22. The van der Waals surface area contributed by atoms with Crippen LogP contribution in [0.4, 0.5) is 16.3 Å². The van der Waals surface area contributed by atoms with Crippen LogP contribution < -0.4 is 14.5 Å². The lowest BCUT2D eigenvalue weighted by atomic mass is 9.99.